The number of carbonyl (C=O) groups is 1. The lowest BCUT2D eigenvalue weighted by Gasteiger charge is -2.22. The number of aromatic nitrogens is 1. The van der Waals surface area contributed by atoms with Gasteiger partial charge in [0.2, 0.25) is 0 Å². The van der Waals surface area contributed by atoms with Gasteiger partial charge in [-0.1, -0.05) is 32.1 Å². The Morgan fingerprint density at radius 1 is 1.31 bits per heavy atom. The molecule has 3 rings (SSSR count). The SMILES string of the molecule is CC(C)COc1cc(/C=C/c2cccnc2)cc(C(=O)CN(C)C2CCNC2)c1. The van der Waals surface area contributed by atoms with E-state index < -0.39 is 0 Å². The zero-order valence-electron chi connectivity index (χ0n) is 17.6. The summed E-state index contributed by atoms with van der Waals surface area (Å²) in [6.45, 7) is 7.22. The largest absolute Gasteiger partial charge is 0.493 e. The number of likely N-dealkylation sites (N-methyl/N-ethyl adjacent to an activating group) is 1. The molecule has 2 aromatic rings. The van der Waals surface area contributed by atoms with E-state index in [1.165, 1.54) is 0 Å². The minimum Gasteiger partial charge on any atom is -0.493 e. The molecule has 0 saturated carbocycles. The van der Waals surface area contributed by atoms with Gasteiger partial charge in [0.15, 0.2) is 5.78 Å². The Balaban J connectivity index is 1.79. The molecule has 0 bridgehead atoms. The van der Waals surface area contributed by atoms with E-state index in [0.717, 1.165) is 36.4 Å². The van der Waals surface area contributed by atoms with E-state index in [4.69, 9.17) is 4.74 Å². The highest BCUT2D eigenvalue weighted by atomic mass is 16.5. The maximum absolute atomic E-state index is 13.0. The predicted molar refractivity (Wildman–Crippen MR) is 118 cm³/mol. The molecule has 1 unspecified atom stereocenters. The van der Waals surface area contributed by atoms with Gasteiger partial charge in [0.05, 0.1) is 13.2 Å². The lowest BCUT2D eigenvalue weighted by molar-refractivity contribution is 0.0924. The maximum atomic E-state index is 13.0. The second-order valence-electron chi connectivity index (χ2n) is 8.10. The Kier molecular flexibility index (Phi) is 7.55. The normalized spacial score (nSPS) is 16.8. The smallest absolute Gasteiger partial charge is 0.176 e. The third-order valence-corrected chi connectivity index (χ3v) is 5.04. The zero-order chi connectivity index (χ0) is 20.6. The van der Waals surface area contributed by atoms with Gasteiger partial charge >= 0.3 is 0 Å². The van der Waals surface area contributed by atoms with E-state index in [1.807, 2.05) is 55.7 Å². The van der Waals surface area contributed by atoms with Crippen LogP contribution in [0.3, 0.4) is 0 Å². The number of rotatable bonds is 9. The van der Waals surface area contributed by atoms with E-state index in [-0.39, 0.29) is 5.78 Å². The molecule has 1 aromatic heterocycles. The molecule has 29 heavy (non-hydrogen) atoms. The molecule has 154 valence electrons. The maximum Gasteiger partial charge on any atom is 0.176 e. The van der Waals surface area contributed by atoms with Crippen molar-refractivity contribution in [2.45, 2.75) is 26.3 Å². The van der Waals surface area contributed by atoms with Gasteiger partial charge in [0.25, 0.3) is 0 Å². The second kappa shape index (κ2) is 10.3. The highest BCUT2D eigenvalue weighted by molar-refractivity contribution is 5.98. The molecule has 0 spiro atoms. The van der Waals surface area contributed by atoms with Crippen LogP contribution in [-0.2, 0) is 0 Å². The number of pyridine rings is 1. The summed E-state index contributed by atoms with van der Waals surface area (Å²) in [4.78, 5) is 19.3. The van der Waals surface area contributed by atoms with Gasteiger partial charge in [-0.2, -0.15) is 0 Å². The predicted octanol–water partition coefficient (Wildman–Crippen LogP) is 3.76. The van der Waals surface area contributed by atoms with Crippen LogP contribution in [0.15, 0.2) is 42.7 Å². The fourth-order valence-corrected chi connectivity index (χ4v) is 3.36. The topological polar surface area (TPSA) is 54.5 Å². The number of ether oxygens (including phenoxy) is 1. The quantitative estimate of drug-likeness (QED) is 0.658. The van der Waals surface area contributed by atoms with Crippen molar-refractivity contribution in [1.29, 1.82) is 0 Å². The lowest BCUT2D eigenvalue weighted by atomic mass is 10.0. The van der Waals surface area contributed by atoms with Gasteiger partial charge in [-0.3, -0.25) is 14.7 Å². The van der Waals surface area contributed by atoms with Crippen molar-refractivity contribution in [1.82, 2.24) is 15.2 Å². The molecule has 1 fully saturated rings. The Morgan fingerprint density at radius 2 is 2.14 bits per heavy atom. The first-order valence-electron chi connectivity index (χ1n) is 10.3. The van der Waals surface area contributed by atoms with Crippen LogP contribution in [0, 0.1) is 5.92 Å². The molecule has 1 atom stereocenters. The number of nitrogens with zero attached hydrogens (tertiary/aromatic N) is 2. The van der Waals surface area contributed by atoms with Gasteiger partial charge in [0, 0.05) is 30.5 Å². The molecular weight excluding hydrogens is 362 g/mol. The summed E-state index contributed by atoms with van der Waals surface area (Å²) in [5.41, 5.74) is 2.65. The van der Waals surface area contributed by atoms with E-state index in [9.17, 15) is 4.79 Å². The summed E-state index contributed by atoms with van der Waals surface area (Å²) < 4.78 is 5.93. The summed E-state index contributed by atoms with van der Waals surface area (Å²) in [6.07, 6.45) is 8.65. The van der Waals surface area contributed by atoms with Crippen LogP contribution in [0.2, 0.25) is 0 Å². The van der Waals surface area contributed by atoms with Crippen molar-refractivity contribution < 1.29 is 9.53 Å². The number of nitrogens with one attached hydrogen (secondary N) is 1. The van der Waals surface area contributed by atoms with Gasteiger partial charge in [-0.15, -0.1) is 0 Å². The Hall–Kier alpha value is -2.50. The first kappa shape index (κ1) is 21.2. The highest BCUT2D eigenvalue weighted by Gasteiger charge is 2.21. The van der Waals surface area contributed by atoms with Gasteiger partial charge in [-0.25, -0.2) is 0 Å². The zero-order valence-corrected chi connectivity index (χ0v) is 17.6. The minimum atomic E-state index is 0.116. The molecule has 0 radical (unpaired) electrons. The first-order chi connectivity index (χ1) is 14.0. The van der Waals surface area contributed by atoms with Crippen LogP contribution in [0.25, 0.3) is 12.2 Å². The molecule has 0 aliphatic carbocycles. The van der Waals surface area contributed by atoms with E-state index in [2.05, 4.69) is 29.0 Å². The monoisotopic (exact) mass is 393 g/mol. The number of Topliss-reactive ketones (excluding diaryl/α,β-unsaturated/α-hetero) is 1. The second-order valence-corrected chi connectivity index (χ2v) is 8.10. The molecule has 5 heteroatoms. The molecular formula is C24H31N3O2. The number of hydrogen-bond donors (Lipinski definition) is 1. The molecule has 1 aromatic carbocycles. The van der Waals surface area contributed by atoms with Crippen molar-refractivity contribution in [3.63, 3.8) is 0 Å². The summed E-state index contributed by atoms with van der Waals surface area (Å²) in [6, 6.07) is 10.1. The van der Waals surface area contributed by atoms with Crippen molar-refractivity contribution in [3.8, 4) is 5.75 Å². The van der Waals surface area contributed by atoms with E-state index in [0.29, 0.717) is 30.7 Å². The summed E-state index contributed by atoms with van der Waals surface area (Å²) in [5, 5.41) is 3.36. The Morgan fingerprint density at radius 3 is 2.83 bits per heavy atom. The van der Waals surface area contributed by atoms with Crippen LogP contribution in [0.4, 0.5) is 0 Å². The van der Waals surface area contributed by atoms with Crippen molar-refractivity contribution >= 4 is 17.9 Å². The average Bonchev–Trinajstić information content (AvgIpc) is 3.26. The lowest BCUT2D eigenvalue weighted by Crippen LogP contribution is -2.37. The molecule has 1 aliphatic rings. The molecule has 1 N–H and O–H groups in total. The fourth-order valence-electron chi connectivity index (χ4n) is 3.36. The Bertz CT molecular complexity index is 827. The molecule has 1 saturated heterocycles. The fraction of sp³-hybridized carbons (Fsp3) is 0.417. The van der Waals surface area contributed by atoms with Crippen molar-refractivity contribution in [3.05, 3.63) is 59.4 Å². The van der Waals surface area contributed by atoms with Crippen LogP contribution in [-0.4, -0.2) is 55.0 Å². The van der Waals surface area contributed by atoms with Crippen LogP contribution < -0.4 is 10.1 Å². The number of carbonyl (C=O) groups excluding carboxylic acids is 1. The molecule has 0 amide bonds. The van der Waals surface area contributed by atoms with E-state index in [1.54, 1.807) is 6.20 Å². The van der Waals surface area contributed by atoms with Crippen LogP contribution in [0.1, 0.15) is 41.8 Å². The molecule has 1 aliphatic heterocycles. The number of benzene rings is 1. The first-order valence-corrected chi connectivity index (χ1v) is 10.3. The summed E-state index contributed by atoms with van der Waals surface area (Å²) in [5.74, 6) is 1.27. The summed E-state index contributed by atoms with van der Waals surface area (Å²) >= 11 is 0. The number of ketones is 1. The van der Waals surface area contributed by atoms with Gasteiger partial charge in [0.1, 0.15) is 5.75 Å². The van der Waals surface area contributed by atoms with Gasteiger partial charge in [-0.05, 0) is 61.3 Å². The third kappa shape index (κ3) is 6.51. The summed E-state index contributed by atoms with van der Waals surface area (Å²) in [7, 11) is 2.03. The van der Waals surface area contributed by atoms with Crippen LogP contribution in [0.5, 0.6) is 5.75 Å². The van der Waals surface area contributed by atoms with E-state index >= 15 is 0 Å². The molecule has 2 heterocycles. The minimum absolute atomic E-state index is 0.116. The Labute approximate surface area is 173 Å². The standard InChI is InChI=1S/C24H31N3O2/c1-18(2)17-29-23-12-20(7-6-19-5-4-9-25-14-19)11-21(13-23)24(28)16-27(3)22-8-10-26-15-22/h4-7,9,11-14,18,22,26H,8,10,15-17H2,1-3H3/b7-6+. The van der Waals surface area contributed by atoms with Crippen LogP contribution >= 0.6 is 0 Å². The van der Waals surface area contributed by atoms with Gasteiger partial charge < -0.3 is 10.1 Å². The highest BCUT2D eigenvalue weighted by Crippen LogP contribution is 2.21. The third-order valence-electron chi connectivity index (χ3n) is 5.04. The average molecular weight is 394 g/mol. The van der Waals surface area contributed by atoms with Crippen molar-refractivity contribution in [2.24, 2.45) is 5.92 Å². The number of hydrogen-bond acceptors (Lipinski definition) is 5. The molecule has 5 nitrogen and oxygen atoms in total. The van der Waals surface area contributed by atoms with Crippen molar-refractivity contribution in [2.75, 3.05) is 33.3 Å².